The lowest BCUT2D eigenvalue weighted by atomic mass is 10.1. The van der Waals surface area contributed by atoms with Gasteiger partial charge in [0.15, 0.2) is 0 Å². The molecule has 0 radical (unpaired) electrons. The molecular formula is C17H21BrN2. The molecule has 2 N–H and O–H groups in total. The van der Waals surface area contributed by atoms with Crippen LogP contribution in [0.15, 0.2) is 46.9 Å². The predicted molar refractivity (Wildman–Crippen MR) is 90.8 cm³/mol. The smallest absolute Gasteiger partial charge is 0.0455 e. The van der Waals surface area contributed by atoms with Crippen LogP contribution >= 0.6 is 15.9 Å². The SMILES string of the molecule is CCN(c1ccccc1C)c1cc(Br)ccc1CCN. The van der Waals surface area contributed by atoms with Gasteiger partial charge in [-0.3, -0.25) is 0 Å². The third kappa shape index (κ3) is 3.22. The molecule has 0 heterocycles. The highest BCUT2D eigenvalue weighted by Crippen LogP contribution is 2.33. The monoisotopic (exact) mass is 332 g/mol. The number of hydrogen-bond donors (Lipinski definition) is 1. The van der Waals surface area contributed by atoms with Gasteiger partial charge in [0, 0.05) is 22.4 Å². The molecule has 0 aliphatic rings. The van der Waals surface area contributed by atoms with E-state index in [2.05, 4.69) is 77.1 Å². The zero-order valence-corrected chi connectivity index (χ0v) is 13.7. The molecule has 106 valence electrons. The van der Waals surface area contributed by atoms with Crippen LogP contribution in [0.2, 0.25) is 0 Å². The summed E-state index contributed by atoms with van der Waals surface area (Å²) in [6, 6.07) is 14.9. The molecule has 0 saturated heterocycles. The van der Waals surface area contributed by atoms with E-state index in [9.17, 15) is 0 Å². The molecule has 0 fully saturated rings. The summed E-state index contributed by atoms with van der Waals surface area (Å²) in [5, 5.41) is 0. The maximum atomic E-state index is 5.75. The summed E-state index contributed by atoms with van der Waals surface area (Å²) < 4.78 is 1.10. The zero-order chi connectivity index (χ0) is 14.5. The van der Waals surface area contributed by atoms with Crippen LogP contribution in [-0.2, 0) is 6.42 Å². The van der Waals surface area contributed by atoms with Gasteiger partial charge < -0.3 is 10.6 Å². The van der Waals surface area contributed by atoms with Crippen molar-refractivity contribution in [2.24, 2.45) is 5.73 Å². The van der Waals surface area contributed by atoms with E-state index in [-0.39, 0.29) is 0 Å². The van der Waals surface area contributed by atoms with Crippen LogP contribution in [0.3, 0.4) is 0 Å². The Morgan fingerprint density at radius 1 is 1.10 bits per heavy atom. The summed E-state index contributed by atoms with van der Waals surface area (Å²) in [4.78, 5) is 2.35. The minimum absolute atomic E-state index is 0.667. The standard InChI is InChI=1S/C17H21BrN2/c1-3-20(16-7-5-4-6-13(16)2)17-12-15(18)9-8-14(17)10-11-19/h4-9,12H,3,10-11,19H2,1-2H3. The summed E-state index contributed by atoms with van der Waals surface area (Å²) in [5.74, 6) is 0. The topological polar surface area (TPSA) is 29.3 Å². The molecule has 0 aromatic heterocycles. The lowest BCUT2D eigenvalue weighted by molar-refractivity contribution is 0.939. The van der Waals surface area contributed by atoms with Gasteiger partial charge in [0.25, 0.3) is 0 Å². The molecule has 2 rings (SSSR count). The zero-order valence-electron chi connectivity index (χ0n) is 12.1. The summed E-state index contributed by atoms with van der Waals surface area (Å²) >= 11 is 3.58. The molecule has 3 heteroatoms. The molecule has 0 amide bonds. The normalized spacial score (nSPS) is 10.6. The van der Waals surface area contributed by atoms with E-state index in [0.717, 1.165) is 17.4 Å². The van der Waals surface area contributed by atoms with E-state index in [1.54, 1.807) is 0 Å². The van der Waals surface area contributed by atoms with Gasteiger partial charge in [-0.1, -0.05) is 40.2 Å². The van der Waals surface area contributed by atoms with Crippen molar-refractivity contribution in [3.8, 4) is 0 Å². The van der Waals surface area contributed by atoms with Crippen LogP contribution in [0.4, 0.5) is 11.4 Å². The van der Waals surface area contributed by atoms with E-state index in [0.29, 0.717) is 6.54 Å². The Balaban J connectivity index is 2.51. The van der Waals surface area contributed by atoms with Crippen molar-refractivity contribution in [3.63, 3.8) is 0 Å². The first-order valence-corrected chi connectivity index (χ1v) is 7.78. The number of nitrogens with two attached hydrogens (primary N) is 1. The number of nitrogens with zero attached hydrogens (tertiary/aromatic N) is 1. The van der Waals surface area contributed by atoms with Gasteiger partial charge in [0.2, 0.25) is 0 Å². The Morgan fingerprint density at radius 3 is 2.50 bits per heavy atom. The van der Waals surface area contributed by atoms with Gasteiger partial charge in [-0.2, -0.15) is 0 Å². The highest BCUT2D eigenvalue weighted by molar-refractivity contribution is 9.10. The van der Waals surface area contributed by atoms with E-state index in [1.807, 2.05) is 0 Å². The van der Waals surface area contributed by atoms with Gasteiger partial charge in [0.05, 0.1) is 0 Å². The summed E-state index contributed by atoms with van der Waals surface area (Å²) in [5.41, 5.74) is 10.8. The number of halogens is 1. The van der Waals surface area contributed by atoms with Crippen LogP contribution in [0.1, 0.15) is 18.1 Å². The maximum absolute atomic E-state index is 5.75. The van der Waals surface area contributed by atoms with Crippen LogP contribution in [0, 0.1) is 6.92 Å². The predicted octanol–water partition coefficient (Wildman–Crippen LogP) is 4.42. The fraction of sp³-hybridized carbons (Fsp3) is 0.294. The number of para-hydroxylation sites is 1. The molecular weight excluding hydrogens is 312 g/mol. The Kier molecular flexibility index (Phi) is 5.21. The van der Waals surface area contributed by atoms with Gasteiger partial charge in [-0.15, -0.1) is 0 Å². The van der Waals surface area contributed by atoms with Crippen LogP contribution in [0.5, 0.6) is 0 Å². The number of aryl methyl sites for hydroxylation is 1. The molecule has 2 nitrogen and oxygen atoms in total. The molecule has 0 saturated carbocycles. The number of hydrogen-bond acceptors (Lipinski definition) is 2. The second-order valence-corrected chi connectivity index (χ2v) is 5.76. The number of rotatable bonds is 5. The summed E-state index contributed by atoms with van der Waals surface area (Å²) in [6.45, 7) is 5.93. The lowest BCUT2D eigenvalue weighted by Crippen LogP contribution is -2.19. The summed E-state index contributed by atoms with van der Waals surface area (Å²) in [7, 11) is 0. The molecule has 2 aromatic rings. The van der Waals surface area contributed by atoms with Crippen LogP contribution < -0.4 is 10.6 Å². The first-order valence-electron chi connectivity index (χ1n) is 6.99. The molecule has 0 unspecified atom stereocenters. The molecule has 0 bridgehead atoms. The molecule has 20 heavy (non-hydrogen) atoms. The summed E-state index contributed by atoms with van der Waals surface area (Å²) in [6.07, 6.45) is 0.894. The number of anilines is 2. The fourth-order valence-electron chi connectivity index (χ4n) is 2.49. The molecule has 2 aromatic carbocycles. The Labute approximate surface area is 129 Å². The molecule has 0 spiro atoms. The average Bonchev–Trinajstić information content (AvgIpc) is 2.44. The molecule has 0 aliphatic carbocycles. The Bertz CT molecular complexity index is 581. The van der Waals surface area contributed by atoms with Crippen molar-refractivity contribution in [2.75, 3.05) is 18.0 Å². The molecule has 0 atom stereocenters. The van der Waals surface area contributed by atoms with E-state index >= 15 is 0 Å². The highest BCUT2D eigenvalue weighted by Gasteiger charge is 2.13. The minimum Gasteiger partial charge on any atom is -0.341 e. The van der Waals surface area contributed by atoms with Gasteiger partial charge >= 0.3 is 0 Å². The Hall–Kier alpha value is -1.32. The van der Waals surface area contributed by atoms with Crippen molar-refractivity contribution >= 4 is 27.3 Å². The van der Waals surface area contributed by atoms with Crippen LogP contribution in [-0.4, -0.2) is 13.1 Å². The lowest BCUT2D eigenvalue weighted by Gasteiger charge is -2.27. The second kappa shape index (κ2) is 6.91. The van der Waals surface area contributed by atoms with E-state index in [4.69, 9.17) is 5.73 Å². The third-order valence-electron chi connectivity index (χ3n) is 3.47. The fourth-order valence-corrected chi connectivity index (χ4v) is 2.84. The largest absolute Gasteiger partial charge is 0.341 e. The molecule has 0 aliphatic heterocycles. The van der Waals surface area contributed by atoms with Gasteiger partial charge in [-0.05, 0) is 56.1 Å². The number of benzene rings is 2. The van der Waals surface area contributed by atoms with Crippen molar-refractivity contribution in [1.29, 1.82) is 0 Å². The van der Waals surface area contributed by atoms with Gasteiger partial charge in [0.1, 0.15) is 0 Å². The quantitative estimate of drug-likeness (QED) is 0.878. The highest BCUT2D eigenvalue weighted by atomic mass is 79.9. The van der Waals surface area contributed by atoms with Crippen molar-refractivity contribution < 1.29 is 0 Å². The Morgan fingerprint density at radius 2 is 1.85 bits per heavy atom. The second-order valence-electron chi connectivity index (χ2n) is 4.84. The van der Waals surface area contributed by atoms with Crippen LogP contribution in [0.25, 0.3) is 0 Å². The minimum atomic E-state index is 0.667. The first kappa shape index (κ1) is 15.1. The maximum Gasteiger partial charge on any atom is 0.0455 e. The average molecular weight is 333 g/mol. The van der Waals surface area contributed by atoms with Crippen molar-refractivity contribution in [2.45, 2.75) is 20.3 Å². The van der Waals surface area contributed by atoms with Gasteiger partial charge in [-0.25, -0.2) is 0 Å². The van der Waals surface area contributed by atoms with Crippen molar-refractivity contribution in [3.05, 3.63) is 58.1 Å². The van der Waals surface area contributed by atoms with E-state index in [1.165, 1.54) is 22.5 Å². The first-order chi connectivity index (χ1) is 9.67. The van der Waals surface area contributed by atoms with Crippen molar-refractivity contribution in [1.82, 2.24) is 0 Å². The third-order valence-corrected chi connectivity index (χ3v) is 3.97. The van der Waals surface area contributed by atoms with E-state index < -0.39 is 0 Å².